The number of carboxylic acids is 1. The summed E-state index contributed by atoms with van der Waals surface area (Å²) in [4.78, 5) is 35.7. The molecular formula is C37H71NO8. The van der Waals surface area contributed by atoms with Crippen LogP contribution in [0.1, 0.15) is 174 Å². The zero-order valence-electron chi connectivity index (χ0n) is 30.1. The second-order valence-corrected chi connectivity index (χ2v) is 13.3. The normalized spacial score (nSPS) is 17.5. The lowest BCUT2D eigenvalue weighted by atomic mass is 10.1. The predicted octanol–water partition coefficient (Wildman–Crippen LogP) is 8.58. The van der Waals surface area contributed by atoms with Gasteiger partial charge in [0.25, 0.3) is 0 Å². The molecular weight excluding hydrogens is 586 g/mol. The van der Waals surface area contributed by atoms with Crippen molar-refractivity contribution in [3.05, 3.63) is 0 Å². The van der Waals surface area contributed by atoms with E-state index >= 15 is 0 Å². The van der Waals surface area contributed by atoms with Gasteiger partial charge in [0.05, 0.1) is 6.54 Å². The van der Waals surface area contributed by atoms with Crippen LogP contribution < -0.4 is 0 Å². The van der Waals surface area contributed by atoms with Crippen molar-refractivity contribution in [2.24, 2.45) is 0 Å². The fourth-order valence-electron chi connectivity index (χ4n) is 5.55. The van der Waals surface area contributed by atoms with Gasteiger partial charge in [0.15, 0.2) is 6.29 Å². The maximum Gasteiger partial charge on any atom is 0.320 e. The maximum atomic E-state index is 12.1. The lowest BCUT2D eigenvalue weighted by Crippen LogP contribution is -2.33. The van der Waals surface area contributed by atoms with Crippen LogP contribution in [0, 0.1) is 0 Å². The average Bonchev–Trinajstić information content (AvgIpc) is 3.35. The lowest BCUT2D eigenvalue weighted by molar-refractivity contribution is -0.162. The number of hydrogen-bond acceptors (Lipinski definition) is 8. The average molecular weight is 658 g/mol. The third kappa shape index (κ3) is 29.7. The van der Waals surface area contributed by atoms with E-state index in [1.807, 2.05) is 0 Å². The Labute approximate surface area is 281 Å². The van der Waals surface area contributed by atoms with Gasteiger partial charge in [-0.2, -0.15) is 0 Å². The van der Waals surface area contributed by atoms with Crippen LogP contribution in [0.3, 0.4) is 0 Å². The van der Waals surface area contributed by atoms with E-state index in [1.165, 1.54) is 109 Å². The third-order valence-electron chi connectivity index (χ3n) is 8.30. The zero-order chi connectivity index (χ0) is 34.3. The molecule has 0 bridgehead atoms. The van der Waals surface area contributed by atoms with Gasteiger partial charge in [0.2, 0.25) is 0 Å². The van der Waals surface area contributed by atoms with Crippen molar-refractivity contribution in [3.63, 3.8) is 0 Å². The monoisotopic (exact) mass is 658 g/mol. The van der Waals surface area contributed by atoms with Gasteiger partial charge in [-0.3, -0.25) is 19.3 Å². The number of esters is 2. The second kappa shape index (κ2) is 31.9. The molecule has 3 atom stereocenters. The number of rotatable bonds is 29. The summed E-state index contributed by atoms with van der Waals surface area (Å²) in [6.07, 6.45) is 26.3. The molecule has 1 aliphatic heterocycles. The first-order valence-corrected chi connectivity index (χ1v) is 18.7. The van der Waals surface area contributed by atoms with Gasteiger partial charge in [-0.05, 0) is 26.9 Å². The van der Waals surface area contributed by atoms with Crippen LogP contribution in [0.5, 0.6) is 0 Å². The highest BCUT2D eigenvalue weighted by Gasteiger charge is 2.38. The van der Waals surface area contributed by atoms with Crippen molar-refractivity contribution in [1.82, 2.24) is 4.90 Å². The van der Waals surface area contributed by atoms with Gasteiger partial charge in [0, 0.05) is 19.3 Å². The molecule has 1 aliphatic rings. The molecule has 1 fully saturated rings. The number of carbonyl (C=O) groups excluding carboxylic acids is 2. The molecule has 0 amide bonds. The Morgan fingerprint density at radius 2 is 1.07 bits per heavy atom. The Kier molecular flexibility index (Phi) is 30.7. The molecule has 0 aromatic heterocycles. The maximum absolute atomic E-state index is 12.1. The predicted molar refractivity (Wildman–Crippen MR) is 185 cm³/mol. The van der Waals surface area contributed by atoms with Gasteiger partial charge in [0.1, 0.15) is 18.8 Å². The summed E-state index contributed by atoms with van der Waals surface area (Å²) in [6, 6.07) is 0. The number of unbranched alkanes of at least 4 members (excludes halogenated alkanes) is 20. The molecule has 1 rings (SSSR count). The van der Waals surface area contributed by atoms with Crippen LogP contribution in [0.2, 0.25) is 0 Å². The molecule has 0 aromatic rings. The molecule has 272 valence electrons. The molecule has 46 heavy (non-hydrogen) atoms. The fourth-order valence-corrected chi connectivity index (χ4v) is 5.55. The van der Waals surface area contributed by atoms with E-state index in [1.54, 1.807) is 19.0 Å². The van der Waals surface area contributed by atoms with Gasteiger partial charge < -0.3 is 24.4 Å². The van der Waals surface area contributed by atoms with E-state index in [4.69, 9.17) is 19.3 Å². The summed E-state index contributed by atoms with van der Waals surface area (Å²) in [5, 5.41) is 18.2. The number of aliphatic carboxylic acids is 1. The molecule has 0 spiro atoms. The van der Waals surface area contributed by atoms with Crippen molar-refractivity contribution < 1.29 is 38.8 Å². The highest BCUT2D eigenvalue weighted by molar-refractivity contribution is 5.71. The zero-order valence-corrected chi connectivity index (χ0v) is 30.1. The highest BCUT2D eigenvalue weighted by Crippen LogP contribution is 2.23. The molecule has 9 heteroatoms. The van der Waals surface area contributed by atoms with Gasteiger partial charge in [-0.1, -0.05) is 142 Å². The van der Waals surface area contributed by atoms with Gasteiger partial charge in [-0.25, -0.2) is 0 Å². The summed E-state index contributed by atoms with van der Waals surface area (Å²) in [5.74, 6) is -1.31. The summed E-state index contributed by atoms with van der Waals surface area (Å²) < 4.78 is 16.0. The molecule has 0 saturated carbocycles. The van der Waals surface area contributed by atoms with Gasteiger partial charge >= 0.3 is 17.9 Å². The van der Waals surface area contributed by atoms with Crippen molar-refractivity contribution in [2.75, 3.05) is 27.2 Å². The summed E-state index contributed by atoms with van der Waals surface area (Å²) in [5.41, 5.74) is 0. The third-order valence-corrected chi connectivity index (χ3v) is 8.30. The molecule has 0 aromatic carbocycles. The number of nitrogens with zero attached hydrogens (tertiary/aromatic N) is 1. The largest absolute Gasteiger partial charge is 0.481 e. The van der Waals surface area contributed by atoms with Crippen LogP contribution in [-0.4, -0.2) is 78.8 Å². The van der Waals surface area contributed by atoms with Gasteiger partial charge in [-0.15, -0.1) is 0 Å². The Morgan fingerprint density at radius 3 is 1.48 bits per heavy atom. The summed E-state index contributed by atoms with van der Waals surface area (Å²) >= 11 is 0. The number of carbonyl (C=O) groups is 3. The number of carboxylic acid groups (broad SMARTS) is 1. The van der Waals surface area contributed by atoms with Crippen molar-refractivity contribution in [2.45, 2.75) is 193 Å². The minimum atomic E-state index is -0.998. The van der Waals surface area contributed by atoms with Crippen LogP contribution in [-0.2, 0) is 28.6 Å². The van der Waals surface area contributed by atoms with E-state index in [0.717, 1.165) is 32.1 Å². The van der Waals surface area contributed by atoms with Crippen LogP contribution in [0.4, 0.5) is 0 Å². The first-order chi connectivity index (χ1) is 22.2. The van der Waals surface area contributed by atoms with Crippen LogP contribution in [0.15, 0.2) is 0 Å². The van der Waals surface area contributed by atoms with Crippen LogP contribution in [0.25, 0.3) is 0 Å². The van der Waals surface area contributed by atoms with Crippen LogP contribution >= 0.6 is 0 Å². The van der Waals surface area contributed by atoms with Crippen molar-refractivity contribution in [3.8, 4) is 0 Å². The van der Waals surface area contributed by atoms with Crippen molar-refractivity contribution in [1.29, 1.82) is 0 Å². The quantitative estimate of drug-likeness (QED) is 0.0601. The van der Waals surface area contributed by atoms with E-state index in [9.17, 15) is 19.5 Å². The molecule has 2 N–H and O–H groups in total. The Morgan fingerprint density at radius 1 is 0.652 bits per heavy atom. The number of likely N-dealkylation sites (N-methyl/N-ethyl adjacent to an activating group) is 1. The highest BCUT2D eigenvalue weighted by atomic mass is 16.7. The molecule has 0 unspecified atom stereocenters. The molecule has 9 nitrogen and oxygen atoms in total. The number of aliphatic hydroxyl groups excluding tert-OH is 1. The Hall–Kier alpha value is -1.71. The fraction of sp³-hybridized carbons (Fsp3) is 0.919. The minimum absolute atomic E-state index is 0.0277. The lowest BCUT2D eigenvalue weighted by Gasteiger charge is -2.19. The Balaban J connectivity index is 0.00000107. The van der Waals surface area contributed by atoms with E-state index in [2.05, 4.69) is 13.8 Å². The van der Waals surface area contributed by atoms with E-state index < -0.39 is 24.5 Å². The standard InChI is InChI=1S/C23H43NO6.C14H28O2/c1-4-5-6-7-8-9-10-11-12-13-14-15-21(25)29-19-16-22(26)30-20(19)18-28-23(27)17-24(2)3;1-2-3-4-5-6-7-8-9-10-11-12-13-14(15)16/h19-20,22,26H,4-18H2,1-3H3;2-13H2,1H3,(H,15,16)/t19-,20-,22-;/m1./s1. The summed E-state index contributed by atoms with van der Waals surface area (Å²) in [7, 11) is 3.55. The van der Waals surface area contributed by atoms with E-state index in [0.29, 0.717) is 12.8 Å². The second-order valence-electron chi connectivity index (χ2n) is 13.3. The number of ether oxygens (including phenoxy) is 3. The number of aliphatic hydroxyl groups is 1. The molecule has 1 saturated heterocycles. The molecule has 1 heterocycles. The minimum Gasteiger partial charge on any atom is -0.481 e. The molecule has 0 radical (unpaired) electrons. The first kappa shape index (κ1) is 44.3. The topological polar surface area (TPSA) is 123 Å². The Bertz CT molecular complexity index is 732. The first-order valence-electron chi connectivity index (χ1n) is 18.7. The SMILES string of the molecule is CCCCCCCCCCCCCC(=O)O.CCCCCCCCCCCCCC(=O)O[C@@H]1C[C@H](O)O[C@@H]1COC(=O)CN(C)C. The van der Waals surface area contributed by atoms with Crippen molar-refractivity contribution >= 4 is 17.9 Å². The number of hydrogen-bond donors (Lipinski definition) is 2. The molecule has 0 aliphatic carbocycles. The smallest absolute Gasteiger partial charge is 0.320 e. The summed E-state index contributed by atoms with van der Waals surface area (Å²) in [6.45, 7) is 4.62. The van der Waals surface area contributed by atoms with E-state index in [-0.39, 0.29) is 31.5 Å².